The van der Waals surface area contributed by atoms with Crippen molar-refractivity contribution in [1.82, 2.24) is 9.88 Å². The summed E-state index contributed by atoms with van der Waals surface area (Å²) in [4.78, 5) is 43.8. The zero-order valence-corrected chi connectivity index (χ0v) is 17.8. The lowest BCUT2D eigenvalue weighted by Crippen LogP contribution is -2.39. The van der Waals surface area contributed by atoms with Crippen molar-refractivity contribution in [1.29, 1.82) is 0 Å². The van der Waals surface area contributed by atoms with Crippen LogP contribution in [0, 0.1) is 0 Å². The number of fused-ring (bicyclic) bond motifs is 1. The number of anilines is 3. The van der Waals surface area contributed by atoms with Crippen LogP contribution >= 0.6 is 0 Å². The zero-order valence-electron chi connectivity index (χ0n) is 17.8. The van der Waals surface area contributed by atoms with Gasteiger partial charge in [0.15, 0.2) is 0 Å². The molecule has 1 fully saturated rings. The molecule has 166 valence electrons. The summed E-state index contributed by atoms with van der Waals surface area (Å²) >= 11 is 0. The number of nitrogens with one attached hydrogen (secondary N) is 3. The highest BCUT2D eigenvalue weighted by Gasteiger charge is 2.34. The first-order valence-electron chi connectivity index (χ1n) is 10.4. The molecular formula is C24H21N5O4. The molecule has 0 bridgehead atoms. The number of methoxy groups -OCH3 is 1. The Morgan fingerprint density at radius 2 is 1.91 bits per heavy atom. The number of carbonyl (C=O) groups is 3. The van der Waals surface area contributed by atoms with Gasteiger partial charge in [0.25, 0.3) is 5.91 Å². The van der Waals surface area contributed by atoms with Crippen LogP contribution < -0.4 is 20.3 Å². The Morgan fingerprint density at radius 1 is 1.09 bits per heavy atom. The SMILES string of the molecule is COc1ccc(N2CCN(C(=O)Nc3ccc4c(c3)NC(=O)/C4=C\c3ccc[nH]3)C2=O)cc1. The lowest BCUT2D eigenvalue weighted by atomic mass is 10.1. The van der Waals surface area contributed by atoms with Crippen LogP contribution in [0.1, 0.15) is 11.3 Å². The molecule has 0 aliphatic carbocycles. The molecule has 3 N–H and O–H groups in total. The second-order valence-corrected chi connectivity index (χ2v) is 7.61. The average Bonchev–Trinajstić information content (AvgIpc) is 3.54. The Bertz CT molecular complexity index is 1260. The summed E-state index contributed by atoms with van der Waals surface area (Å²) in [5.41, 5.74) is 3.88. The van der Waals surface area contributed by atoms with E-state index in [9.17, 15) is 14.4 Å². The molecule has 5 rings (SSSR count). The van der Waals surface area contributed by atoms with Crippen molar-refractivity contribution < 1.29 is 19.1 Å². The van der Waals surface area contributed by atoms with Gasteiger partial charge in [-0.2, -0.15) is 0 Å². The van der Waals surface area contributed by atoms with Crippen LogP contribution in [0.25, 0.3) is 11.6 Å². The van der Waals surface area contributed by atoms with Crippen molar-refractivity contribution in [2.75, 3.05) is 35.7 Å². The lowest BCUT2D eigenvalue weighted by molar-refractivity contribution is -0.110. The van der Waals surface area contributed by atoms with Gasteiger partial charge in [-0.15, -0.1) is 0 Å². The first-order valence-corrected chi connectivity index (χ1v) is 10.4. The maximum atomic E-state index is 12.8. The van der Waals surface area contributed by atoms with Crippen molar-refractivity contribution >= 4 is 46.7 Å². The van der Waals surface area contributed by atoms with Crippen LogP contribution in [0.2, 0.25) is 0 Å². The predicted octanol–water partition coefficient (Wildman–Crippen LogP) is 3.99. The van der Waals surface area contributed by atoms with Crippen molar-refractivity contribution in [2.45, 2.75) is 0 Å². The monoisotopic (exact) mass is 443 g/mol. The third-order valence-electron chi connectivity index (χ3n) is 5.61. The minimum atomic E-state index is -0.526. The minimum absolute atomic E-state index is 0.215. The first kappa shape index (κ1) is 20.4. The maximum absolute atomic E-state index is 12.8. The number of rotatable bonds is 4. The Morgan fingerprint density at radius 3 is 2.64 bits per heavy atom. The van der Waals surface area contributed by atoms with E-state index in [1.54, 1.807) is 66.7 Å². The number of aromatic amines is 1. The van der Waals surface area contributed by atoms with Gasteiger partial charge < -0.3 is 20.4 Å². The van der Waals surface area contributed by atoms with Gasteiger partial charge in [0.1, 0.15) is 5.75 Å². The summed E-state index contributed by atoms with van der Waals surface area (Å²) in [6.07, 6.45) is 3.56. The van der Waals surface area contributed by atoms with Gasteiger partial charge in [-0.1, -0.05) is 6.07 Å². The van der Waals surface area contributed by atoms with Gasteiger partial charge in [0.2, 0.25) is 0 Å². The summed E-state index contributed by atoms with van der Waals surface area (Å²) in [6, 6.07) is 15.1. The highest BCUT2D eigenvalue weighted by Crippen LogP contribution is 2.35. The molecule has 0 radical (unpaired) electrons. The van der Waals surface area contributed by atoms with E-state index in [1.165, 1.54) is 0 Å². The van der Waals surface area contributed by atoms with E-state index >= 15 is 0 Å². The van der Waals surface area contributed by atoms with E-state index < -0.39 is 12.1 Å². The van der Waals surface area contributed by atoms with Gasteiger partial charge >= 0.3 is 12.1 Å². The van der Waals surface area contributed by atoms with Crippen LogP contribution in [-0.4, -0.2) is 48.1 Å². The molecule has 9 heteroatoms. The molecule has 33 heavy (non-hydrogen) atoms. The number of urea groups is 2. The Hall–Kier alpha value is -4.53. The number of hydrogen-bond acceptors (Lipinski definition) is 4. The number of ether oxygens (including phenoxy) is 1. The van der Waals surface area contributed by atoms with E-state index in [0.717, 1.165) is 16.2 Å². The van der Waals surface area contributed by atoms with Crippen molar-refractivity contribution in [3.05, 3.63) is 72.1 Å². The van der Waals surface area contributed by atoms with E-state index in [-0.39, 0.29) is 12.5 Å². The fourth-order valence-corrected chi connectivity index (χ4v) is 3.92. The van der Waals surface area contributed by atoms with Crippen LogP contribution in [-0.2, 0) is 4.79 Å². The molecule has 2 aliphatic heterocycles. The number of amides is 5. The van der Waals surface area contributed by atoms with E-state index in [0.29, 0.717) is 34.9 Å². The Labute approximate surface area is 189 Å². The normalized spacial score (nSPS) is 16.2. The van der Waals surface area contributed by atoms with Crippen molar-refractivity contribution in [3.63, 3.8) is 0 Å². The fraction of sp³-hybridized carbons (Fsp3) is 0.125. The van der Waals surface area contributed by atoms with Gasteiger partial charge in [-0.25, -0.2) is 14.5 Å². The number of imide groups is 1. The topological polar surface area (TPSA) is 107 Å². The molecule has 3 aromatic rings. The highest BCUT2D eigenvalue weighted by molar-refractivity contribution is 6.35. The minimum Gasteiger partial charge on any atom is -0.497 e. The van der Waals surface area contributed by atoms with E-state index in [4.69, 9.17) is 4.74 Å². The van der Waals surface area contributed by atoms with E-state index in [2.05, 4.69) is 15.6 Å². The molecule has 2 aliphatic rings. The standard InChI is InChI=1S/C24H21N5O4/c1-33-18-7-5-17(6-8-18)28-11-12-29(24(28)32)23(31)26-16-4-9-19-20(13-15-3-2-10-25-15)22(30)27-21(19)14-16/h2-10,13-14,25H,11-12H2,1H3,(H,26,31)(H,27,30)/b20-13-. The molecule has 1 aromatic heterocycles. The molecule has 0 saturated carbocycles. The highest BCUT2D eigenvalue weighted by atomic mass is 16.5. The molecule has 0 atom stereocenters. The van der Waals surface area contributed by atoms with Gasteiger partial charge in [-0.3, -0.25) is 9.69 Å². The summed E-state index contributed by atoms with van der Waals surface area (Å²) < 4.78 is 5.15. The van der Waals surface area contributed by atoms with E-state index in [1.807, 2.05) is 12.1 Å². The van der Waals surface area contributed by atoms with Gasteiger partial charge in [-0.05, 0) is 54.6 Å². The van der Waals surface area contributed by atoms with Gasteiger partial charge in [0.05, 0.1) is 24.9 Å². The van der Waals surface area contributed by atoms with Crippen LogP contribution in [0.4, 0.5) is 26.7 Å². The zero-order chi connectivity index (χ0) is 22.9. The smallest absolute Gasteiger partial charge is 0.332 e. The van der Waals surface area contributed by atoms with Gasteiger partial charge in [0, 0.05) is 35.4 Å². The second kappa shape index (κ2) is 8.19. The summed E-state index contributed by atoms with van der Waals surface area (Å²) in [5.74, 6) is 0.475. The quantitative estimate of drug-likeness (QED) is 0.530. The molecule has 1 saturated heterocycles. The van der Waals surface area contributed by atoms with Crippen LogP contribution in [0.15, 0.2) is 60.8 Å². The Balaban J connectivity index is 1.29. The summed E-state index contributed by atoms with van der Waals surface area (Å²) in [6.45, 7) is 0.660. The molecule has 2 aromatic carbocycles. The molecule has 0 unspecified atom stereocenters. The lowest BCUT2D eigenvalue weighted by Gasteiger charge is -2.18. The molecule has 3 heterocycles. The molecule has 5 amide bonds. The number of aromatic nitrogens is 1. The largest absolute Gasteiger partial charge is 0.497 e. The number of hydrogen-bond donors (Lipinski definition) is 3. The summed E-state index contributed by atoms with van der Waals surface area (Å²) in [7, 11) is 1.57. The first-order chi connectivity index (χ1) is 16.0. The number of nitrogens with zero attached hydrogens (tertiary/aromatic N) is 2. The predicted molar refractivity (Wildman–Crippen MR) is 125 cm³/mol. The maximum Gasteiger partial charge on any atom is 0.332 e. The van der Waals surface area contributed by atoms with Crippen molar-refractivity contribution in [2.24, 2.45) is 0 Å². The number of H-pyrrole nitrogens is 1. The third-order valence-corrected chi connectivity index (χ3v) is 5.61. The average molecular weight is 443 g/mol. The molecular weight excluding hydrogens is 422 g/mol. The second-order valence-electron chi connectivity index (χ2n) is 7.61. The Kier molecular flexibility index (Phi) is 5.06. The number of carbonyl (C=O) groups excluding carboxylic acids is 3. The van der Waals surface area contributed by atoms with Crippen molar-refractivity contribution in [3.8, 4) is 5.75 Å². The van der Waals surface area contributed by atoms with Crippen LogP contribution in [0.5, 0.6) is 5.75 Å². The molecule has 0 spiro atoms. The third kappa shape index (κ3) is 3.80. The number of benzene rings is 2. The molecule has 9 nitrogen and oxygen atoms in total. The van der Waals surface area contributed by atoms with Crippen LogP contribution in [0.3, 0.4) is 0 Å². The fourth-order valence-electron chi connectivity index (χ4n) is 3.92. The summed E-state index contributed by atoms with van der Waals surface area (Å²) in [5, 5.41) is 5.57.